The van der Waals surface area contributed by atoms with Gasteiger partial charge in [-0.25, -0.2) is 0 Å². The standard InChI is InChI=1S/C18H16ClF3N2O3/c19-12-8-4-7-11(18(20,21)22)14(12)17(27)24-13(15(25)16(23)26)9-10-5-2-1-3-6-10/h1-8,13,16,26H,9,23H2,(H,24,27)/t13-,16?/m0/s1. The fourth-order valence-corrected chi connectivity index (χ4v) is 2.76. The number of alkyl halides is 3. The molecule has 9 heteroatoms. The van der Waals surface area contributed by atoms with Crippen molar-refractivity contribution in [1.29, 1.82) is 0 Å². The second-order valence-corrected chi connectivity index (χ2v) is 6.13. The number of carbonyl (C=O) groups is 2. The van der Waals surface area contributed by atoms with Crippen LogP contribution < -0.4 is 11.1 Å². The average molecular weight is 401 g/mol. The van der Waals surface area contributed by atoms with E-state index < -0.39 is 46.3 Å². The molecule has 0 aliphatic heterocycles. The van der Waals surface area contributed by atoms with Crippen LogP contribution in [0.3, 0.4) is 0 Å². The SMILES string of the molecule is NC(O)C(=O)[C@H](Cc1ccccc1)NC(=O)c1c(Cl)cccc1C(F)(F)F. The van der Waals surface area contributed by atoms with Crippen LogP contribution in [0.1, 0.15) is 21.5 Å². The third-order valence-electron chi connectivity index (χ3n) is 3.77. The number of halogens is 4. The molecule has 4 N–H and O–H groups in total. The number of hydrogen-bond donors (Lipinski definition) is 3. The van der Waals surface area contributed by atoms with Crippen LogP contribution in [-0.2, 0) is 17.4 Å². The molecule has 5 nitrogen and oxygen atoms in total. The maximum atomic E-state index is 13.2. The molecule has 1 unspecified atom stereocenters. The summed E-state index contributed by atoms with van der Waals surface area (Å²) in [4.78, 5) is 24.6. The summed E-state index contributed by atoms with van der Waals surface area (Å²) in [6, 6.07) is 10.0. The Kier molecular flexibility index (Phi) is 6.59. The Labute approximate surface area is 157 Å². The first-order valence-corrected chi connectivity index (χ1v) is 8.17. The number of Topliss-reactive ketones (excluding diaryl/α,β-unsaturated/α-hetero) is 1. The van der Waals surface area contributed by atoms with Gasteiger partial charge in [-0.1, -0.05) is 48.0 Å². The van der Waals surface area contributed by atoms with Crippen LogP contribution in [0.15, 0.2) is 48.5 Å². The summed E-state index contributed by atoms with van der Waals surface area (Å²) in [6.07, 6.45) is -6.78. The van der Waals surface area contributed by atoms with Gasteiger partial charge < -0.3 is 10.4 Å². The molecule has 0 saturated heterocycles. The predicted octanol–water partition coefficient (Wildman–Crippen LogP) is 2.55. The van der Waals surface area contributed by atoms with Crippen LogP contribution in [0.25, 0.3) is 0 Å². The molecule has 0 aromatic heterocycles. The van der Waals surface area contributed by atoms with Gasteiger partial charge in [0.15, 0.2) is 12.0 Å². The third-order valence-corrected chi connectivity index (χ3v) is 4.08. The van der Waals surface area contributed by atoms with Gasteiger partial charge in [-0.3, -0.25) is 15.3 Å². The molecule has 0 bridgehead atoms. The summed E-state index contributed by atoms with van der Waals surface area (Å²) in [5.41, 5.74) is 3.77. The highest BCUT2D eigenvalue weighted by molar-refractivity contribution is 6.34. The van der Waals surface area contributed by atoms with Crippen LogP contribution in [0.4, 0.5) is 13.2 Å². The van der Waals surface area contributed by atoms with Crippen molar-refractivity contribution < 1.29 is 27.9 Å². The van der Waals surface area contributed by atoms with E-state index in [-0.39, 0.29) is 6.42 Å². The highest BCUT2D eigenvalue weighted by Crippen LogP contribution is 2.35. The van der Waals surface area contributed by atoms with Gasteiger partial charge in [0, 0.05) is 0 Å². The Morgan fingerprint density at radius 1 is 1.11 bits per heavy atom. The van der Waals surface area contributed by atoms with Crippen LogP contribution >= 0.6 is 11.6 Å². The lowest BCUT2D eigenvalue weighted by atomic mass is 10.00. The minimum atomic E-state index is -4.82. The summed E-state index contributed by atoms with van der Waals surface area (Å²) < 4.78 is 39.6. The smallest absolute Gasteiger partial charge is 0.371 e. The summed E-state index contributed by atoms with van der Waals surface area (Å²) in [6.45, 7) is 0. The minimum absolute atomic E-state index is 0.0640. The lowest BCUT2D eigenvalue weighted by molar-refractivity contribution is -0.137. The lowest BCUT2D eigenvalue weighted by Crippen LogP contribution is -2.49. The Hall–Kier alpha value is -2.42. The van der Waals surface area contributed by atoms with Crippen molar-refractivity contribution in [2.24, 2.45) is 5.73 Å². The van der Waals surface area contributed by atoms with Gasteiger partial charge >= 0.3 is 6.18 Å². The fraction of sp³-hybridized carbons (Fsp3) is 0.222. The summed E-state index contributed by atoms with van der Waals surface area (Å²) in [7, 11) is 0. The number of rotatable bonds is 6. The zero-order valence-corrected chi connectivity index (χ0v) is 14.6. The number of ketones is 1. The van der Waals surface area contributed by atoms with Gasteiger partial charge in [-0.15, -0.1) is 0 Å². The monoisotopic (exact) mass is 400 g/mol. The molecule has 27 heavy (non-hydrogen) atoms. The average Bonchev–Trinajstić information content (AvgIpc) is 2.60. The first-order chi connectivity index (χ1) is 12.6. The Morgan fingerprint density at radius 3 is 2.30 bits per heavy atom. The van der Waals surface area contributed by atoms with E-state index in [1.54, 1.807) is 30.3 Å². The maximum absolute atomic E-state index is 13.2. The molecular formula is C18H16ClF3N2O3. The molecule has 2 rings (SSSR count). The van der Waals surface area contributed by atoms with Gasteiger partial charge in [0.25, 0.3) is 5.91 Å². The Balaban J connectivity index is 2.35. The van der Waals surface area contributed by atoms with Crippen molar-refractivity contribution in [3.8, 4) is 0 Å². The number of amides is 1. The normalized spacial score (nSPS) is 13.7. The first-order valence-electron chi connectivity index (χ1n) is 7.79. The highest BCUT2D eigenvalue weighted by atomic mass is 35.5. The summed E-state index contributed by atoms with van der Waals surface area (Å²) in [5, 5.41) is 11.2. The van der Waals surface area contributed by atoms with Crippen molar-refractivity contribution in [3.63, 3.8) is 0 Å². The van der Waals surface area contributed by atoms with E-state index in [9.17, 15) is 27.9 Å². The van der Waals surface area contributed by atoms with Crippen molar-refractivity contribution >= 4 is 23.3 Å². The van der Waals surface area contributed by atoms with E-state index in [1.165, 1.54) is 0 Å². The molecule has 2 aromatic carbocycles. The summed E-state index contributed by atoms with van der Waals surface area (Å²) >= 11 is 5.80. The number of carbonyl (C=O) groups excluding carboxylic acids is 2. The number of aliphatic hydroxyl groups excluding tert-OH is 1. The zero-order valence-electron chi connectivity index (χ0n) is 13.8. The molecule has 2 atom stereocenters. The van der Waals surface area contributed by atoms with Gasteiger partial charge in [0.2, 0.25) is 0 Å². The number of nitrogens with two attached hydrogens (primary N) is 1. The molecule has 0 saturated carbocycles. The van der Waals surface area contributed by atoms with Crippen LogP contribution in [0.5, 0.6) is 0 Å². The molecule has 144 valence electrons. The molecule has 0 aliphatic carbocycles. The van der Waals surface area contributed by atoms with Gasteiger partial charge in [0.05, 0.1) is 22.2 Å². The molecule has 2 aromatic rings. The van der Waals surface area contributed by atoms with Crippen molar-refractivity contribution in [2.75, 3.05) is 0 Å². The van der Waals surface area contributed by atoms with Gasteiger partial charge in [0.1, 0.15) is 0 Å². The van der Waals surface area contributed by atoms with Crippen LogP contribution in [0, 0.1) is 0 Å². The van der Waals surface area contributed by atoms with Crippen molar-refractivity contribution in [3.05, 3.63) is 70.2 Å². The number of aliphatic hydroxyl groups is 1. The van der Waals surface area contributed by atoms with E-state index in [4.69, 9.17) is 17.3 Å². The minimum Gasteiger partial charge on any atom is -0.371 e. The Bertz CT molecular complexity index is 826. The topological polar surface area (TPSA) is 92.4 Å². The maximum Gasteiger partial charge on any atom is 0.417 e. The lowest BCUT2D eigenvalue weighted by Gasteiger charge is -2.21. The highest BCUT2D eigenvalue weighted by Gasteiger charge is 2.37. The second-order valence-electron chi connectivity index (χ2n) is 5.72. The molecule has 0 heterocycles. The molecule has 1 amide bonds. The van der Waals surface area contributed by atoms with E-state index >= 15 is 0 Å². The fourth-order valence-electron chi connectivity index (χ4n) is 2.50. The Morgan fingerprint density at radius 2 is 1.74 bits per heavy atom. The second kappa shape index (κ2) is 8.51. The molecule has 0 radical (unpaired) electrons. The molecule has 0 fully saturated rings. The largest absolute Gasteiger partial charge is 0.417 e. The molecular weight excluding hydrogens is 385 g/mol. The first kappa shape index (κ1) is 20.9. The van der Waals surface area contributed by atoms with Gasteiger partial charge in [-0.2, -0.15) is 13.2 Å². The van der Waals surface area contributed by atoms with E-state index in [0.29, 0.717) is 11.6 Å². The van der Waals surface area contributed by atoms with E-state index in [2.05, 4.69) is 5.32 Å². The summed E-state index contributed by atoms with van der Waals surface area (Å²) in [5.74, 6) is -2.13. The predicted molar refractivity (Wildman–Crippen MR) is 93.1 cm³/mol. The number of hydrogen-bond acceptors (Lipinski definition) is 4. The van der Waals surface area contributed by atoms with E-state index in [1.807, 2.05) is 0 Å². The third kappa shape index (κ3) is 5.29. The van der Waals surface area contributed by atoms with E-state index in [0.717, 1.165) is 12.1 Å². The number of nitrogens with one attached hydrogen (secondary N) is 1. The van der Waals surface area contributed by atoms with Gasteiger partial charge in [-0.05, 0) is 24.1 Å². The van der Waals surface area contributed by atoms with Crippen molar-refractivity contribution in [1.82, 2.24) is 5.32 Å². The van der Waals surface area contributed by atoms with Crippen LogP contribution in [-0.4, -0.2) is 29.1 Å². The quantitative estimate of drug-likeness (QED) is 0.650. The van der Waals surface area contributed by atoms with Crippen molar-refractivity contribution in [2.45, 2.75) is 24.9 Å². The number of benzene rings is 2. The zero-order chi connectivity index (χ0) is 20.2. The molecule has 0 aliphatic rings. The van der Waals surface area contributed by atoms with Crippen LogP contribution in [0.2, 0.25) is 5.02 Å². The molecule has 0 spiro atoms.